The Morgan fingerprint density at radius 3 is 2.43 bits per heavy atom. The number of methoxy groups -OCH3 is 1. The summed E-state index contributed by atoms with van der Waals surface area (Å²) in [4.78, 5) is 4.56. The molecule has 7 nitrogen and oxygen atoms in total. The van der Waals surface area contributed by atoms with E-state index in [-0.39, 0.29) is 17.3 Å². The van der Waals surface area contributed by atoms with E-state index >= 15 is 0 Å². The topological polar surface area (TPSA) is 85.5 Å². The Morgan fingerprint density at radius 2 is 1.83 bits per heavy atom. The van der Waals surface area contributed by atoms with Crippen LogP contribution >= 0.6 is 0 Å². The van der Waals surface area contributed by atoms with E-state index in [1.165, 1.54) is 16.9 Å². The lowest BCUT2D eigenvalue weighted by molar-refractivity contribution is 0.336. The summed E-state index contributed by atoms with van der Waals surface area (Å²) in [6.45, 7) is 6.19. The van der Waals surface area contributed by atoms with E-state index in [0.29, 0.717) is 23.9 Å². The van der Waals surface area contributed by atoms with Crippen molar-refractivity contribution < 1.29 is 17.7 Å². The van der Waals surface area contributed by atoms with Gasteiger partial charge in [0.15, 0.2) is 0 Å². The van der Waals surface area contributed by atoms with Crippen LogP contribution < -0.4 is 4.74 Å². The van der Waals surface area contributed by atoms with Gasteiger partial charge in [-0.25, -0.2) is 8.42 Å². The molecule has 1 heterocycles. The van der Waals surface area contributed by atoms with Crippen molar-refractivity contribution in [2.75, 3.05) is 14.2 Å². The van der Waals surface area contributed by atoms with E-state index in [1.54, 1.807) is 25.3 Å². The van der Waals surface area contributed by atoms with E-state index in [9.17, 15) is 8.42 Å². The molecular weight excluding hydrogens is 402 g/mol. The summed E-state index contributed by atoms with van der Waals surface area (Å²) in [5, 5.41) is 3.99. The minimum Gasteiger partial charge on any atom is -0.496 e. The SMILES string of the molecule is CCc1cc(S(=O)(=O)N(C)Cc2nc(-c3ccc(C(C)C)cc3)no2)ccc1OC. The van der Waals surface area contributed by atoms with Crippen molar-refractivity contribution in [3.63, 3.8) is 0 Å². The van der Waals surface area contributed by atoms with Gasteiger partial charge in [0.1, 0.15) is 5.75 Å². The Morgan fingerprint density at radius 1 is 1.13 bits per heavy atom. The molecule has 0 amide bonds. The van der Waals surface area contributed by atoms with Gasteiger partial charge < -0.3 is 9.26 Å². The average Bonchev–Trinajstić information content (AvgIpc) is 3.21. The van der Waals surface area contributed by atoms with Crippen LogP contribution in [-0.4, -0.2) is 37.0 Å². The molecule has 3 rings (SSSR count). The fourth-order valence-electron chi connectivity index (χ4n) is 3.10. The number of sulfonamides is 1. The lowest BCUT2D eigenvalue weighted by atomic mass is 10.0. The lowest BCUT2D eigenvalue weighted by Crippen LogP contribution is -2.26. The van der Waals surface area contributed by atoms with Gasteiger partial charge in [-0.05, 0) is 41.7 Å². The lowest BCUT2D eigenvalue weighted by Gasteiger charge is -2.16. The highest BCUT2D eigenvalue weighted by molar-refractivity contribution is 7.89. The molecule has 0 aliphatic heterocycles. The molecule has 0 fully saturated rings. The van der Waals surface area contributed by atoms with Crippen molar-refractivity contribution in [1.29, 1.82) is 0 Å². The summed E-state index contributed by atoms with van der Waals surface area (Å²) >= 11 is 0. The molecule has 0 bridgehead atoms. The second kappa shape index (κ2) is 8.97. The van der Waals surface area contributed by atoms with Crippen LogP contribution in [0.15, 0.2) is 51.9 Å². The third-order valence-electron chi connectivity index (χ3n) is 5.00. The van der Waals surface area contributed by atoms with E-state index in [0.717, 1.165) is 11.1 Å². The molecule has 0 saturated carbocycles. The first-order chi connectivity index (χ1) is 14.3. The molecule has 0 radical (unpaired) electrons. The van der Waals surface area contributed by atoms with Crippen LogP contribution in [0, 0.1) is 0 Å². The van der Waals surface area contributed by atoms with Crippen LogP contribution in [0.5, 0.6) is 5.75 Å². The molecule has 3 aromatic rings. The predicted octanol–water partition coefficient (Wildman–Crippen LogP) is 4.25. The molecule has 0 aliphatic carbocycles. The van der Waals surface area contributed by atoms with Crippen molar-refractivity contribution in [2.45, 2.75) is 44.6 Å². The summed E-state index contributed by atoms with van der Waals surface area (Å²) in [5.74, 6) is 1.77. The maximum absolute atomic E-state index is 13.0. The highest BCUT2D eigenvalue weighted by Gasteiger charge is 2.24. The third kappa shape index (κ3) is 4.55. The van der Waals surface area contributed by atoms with E-state index in [4.69, 9.17) is 9.26 Å². The maximum Gasteiger partial charge on any atom is 0.243 e. The van der Waals surface area contributed by atoms with E-state index in [2.05, 4.69) is 24.0 Å². The van der Waals surface area contributed by atoms with Gasteiger partial charge in [-0.3, -0.25) is 0 Å². The number of aromatic nitrogens is 2. The van der Waals surface area contributed by atoms with Crippen LogP contribution in [0.1, 0.15) is 43.7 Å². The molecule has 8 heteroatoms. The summed E-state index contributed by atoms with van der Waals surface area (Å²) in [6.07, 6.45) is 0.666. The molecule has 0 saturated heterocycles. The Labute approximate surface area is 177 Å². The first-order valence-electron chi connectivity index (χ1n) is 9.82. The van der Waals surface area contributed by atoms with Gasteiger partial charge in [-0.15, -0.1) is 0 Å². The summed E-state index contributed by atoms with van der Waals surface area (Å²) in [6, 6.07) is 12.8. The van der Waals surface area contributed by atoms with E-state index < -0.39 is 10.0 Å². The van der Waals surface area contributed by atoms with Crippen molar-refractivity contribution in [2.24, 2.45) is 0 Å². The van der Waals surface area contributed by atoms with Crippen LogP contribution in [0.3, 0.4) is 0 Å². The normalized spacial score (nSPS) is 12.0. The largest absolute Gasteiger partial charge is 0.496 e. The number of nitrogens with zero attached hydrogens (tertiary/aromatic N) is 3. The molecule has 0 unspecified atom stereocenters. The van der Waals surface area contributed by atoms with Gasteiger partial charge in [0.25, 0.3) is 0 Å². The van der Waals surface area contributed by atoms with Crippen molar-refractivity contribution in [3.05, 3.63) is 59.5 Å². The van der Waals surface area contributed by atoms with Crippen LogP contribution in [-0.2, 0) is 23.0 Å². The molecule has 0 N–H and O–H groups in total. The summed E-state index contributed by atoms with van der Waals surface area (Å²) in [5.41, 5.74) is 2.87. The van der Waals surface area contributed by atoms with Crippen molar-refractivity contribution in [3.8, 4) is 17.1 Å². The van der Waals surface area contributed by atoms with Crippen molar-refractivity contribution in [1.82, 2.24) is 14.4 Å². The molecule has 160 valence electrons. The second-order valence-electron chi connectivity index (χ2n) is 7.38. The Kier molecular flexibility index (Phi) is 6.58. The minimum atomic E-state index is -3.72. The molecule has 0 aliphatic rings. The first-order valence-corrected chi connectivity index (χ1v) is 11.3. The molecule has 0 spiro atoms. The fraction of sp³-hybridized carbons (Fsp3) is 0.364. The second-order valence-corrected chi connectivity index (χ2v) is 9.42. The molecule has 0 atom stereocenters. The molecule has 2 aromatic carbocycles. The number of rotatable bonds is 8. The summed E-state index contributed by atoms with van der Waals surface area (Å²) < 4.78 is 37.7. The Hall–Kier alpha value is -2.71. The molecular formula is C22H27N3O4S. The average molecular weight is 430 g/mol. The minimum absolute atomic E-state index is 0.0209. The number of ether oxygens (including phenoxy) is 1. The van der Waals surface area contributed by atoms with Gasteiger partial charge in [0.05, 0.1) is 18.6 Å². The molecule has 1 aromatic heterocycles. The Balaban J connectivity index is 1.78. The highest BCUT2D eigenvalue weighted by atomic mass is 32.2. The predicted molar refractivity (Wildman–Crippen MR) is 115 cm³/mol. The highest BCUT2D eigenvalue weighted by Crippen LogP contribution is 2.26. The number of hydrogen-bond donors (Lipinski definition) is 0. The maximum atomic E-state index is 13.0. The van der Waals surface area contributed by atoms with Gasteiger partial charge in [-0.1, -0.05) is 50.2 Å². The zero-order valence-electron chi connectivity index (χ0n) is 17.9. The first kappa shape index (κ1) is 22.0. The quantitative estimate of drug-likeness (QED) is 0.532. The van der Waals surface area contributed by atoms with Crippen molar-refractivity contribution >= 4 is 10.0 Å². The number of aryl methyl sites for hydroxylation is 1. The fourth-order valence-corrected chi connectivity index (χ4v) is 4.27. The Bertz CT molecular complexity index is 1110. The smallest absolute Gasteiger partial charge is 0.243 e. The van der Waals surface area contributed by atoms with Crippen LogP contribution in [0.2, 0.25) is 0 Å². The van der Waals surface area contributed by atoms with Crippen LogP contribution in [0.4, 0.5) is 0 Å². The van der Waals surface area contributed by atoms with Gasteiger partial charge in [0.2, 0.25) is 21.7 Å². The van der Waals surface area contributed by atoms with E-state index in [1.807, 2.05) is 31.2 Å². The van der Waals surface area contributed by atoms with Gasteiger partial charge in [-0.2, -0.15) is 9.29 Å². The summed E-state index contributed by atoms with van der Waals surface area (Å²) in [7, 11) is -0.655. The standard InChI is InChI=1S/C22H27N3O4S/c1-6-16-13-19(11-12-20(16)28-5)30(26,27)25(4)14-21-23-22(24-29-21)18-9-7-17(8-10-18)15(2)3/h7-13,15H,6,14H2,1-5H3. The molecule has 30 heavy (non-hydrogen) atoms. The monoisotopic (exact) mass is 429 g/mol. The zero-order chi connectivity index (χ0) is 21.9. The number of hydrogen-bond acceptors (Lipinski definition) is 6. The zero-order valence-corrected chi connectivity index (χ0v) is 18.7. The van der Waals surface area contributed by atoms with Gasteiger partial charge in [0, 0.05) is 12.6 Å². The van der Waals surface area contributed by atoms with Gasteiger partial charge >= 0.3 is 0 Å². The number of benzene rings is 2. The van der Waals surface area contributed by atoms with Crippen LogP contribution in [0.25, 0.3) is 11.4 Å². The third-order valence-corrected chi connectivity index (χ3v) is 6.80.